The van der Waals surface area contributed by atoms with Crippen molar-refractivity contribution in [3.63, 3.8) is 0 Å². The van der Waals surface area contributed by atoms with Crippen LogP contribution in [0, 0.1) is 0 Å². The van der Waals surface area contributed by atoms with E-state index in [0.29, 0.717) is 17.8 Å². The summed E-state index contributed by atoms with van der Waals surface area (Å²) in [5, 5.41) is 19.2. The first-order chi connectivity index (χ1) is 8.65. The quantitative estimate of drug-likeness (QED) is 0.740. The van der Waals surface area contributed by atoms with Gasteiger partial charge in [-0.15, -0.1) is 0 Å². The number of methoxy groups -OCH3 is 1. The minimum atomic E-state index is -1.08. The molecule has 1 heterocycles. The average molecular weight is 250 g/mol. The van der Waals surface area contributed by atoms with Crippen LogP contribution in [-0.4, -0.2) is 43.2 Å². The van der Waals surface area contributed by atoms with Crippen LogP contribution in [0.1, 0.15) is 22.3 Å². The van der Waals surface area contributed by atoms with E-state index < -0.39 is 12.9 Å². The SMILES string of the molecule is COCB(O)c1ccc2c(c1C(=O)O)OCCC2. The van der Waals surface area contributed by atoms with Gasteiger partial charge in [-0.05, 0) is 23.9 Å². The zero-order chi connectivity index (χ0) is 13.1. The van der Waals surface area contributed by atoms with Gasteiger partial charge in [0, 0.05) is 7.11 Å². The van der Waals surface area contributed by atoms with Gasteiger partial charge in [-0.1, -0.05) is 12.1 Å². The average Bonchev–Trinajstić information content (AvgIpc) is 2.37. The first-order valence-corrected chi connectivity index (χ1v) is 5.84. The Kier molecular flexibility index (Phi) is 3.89. The molecule has 2 N–H and O–H groups in total. The highest BCUT2D eigenvalue weighted by atomic mass is 16.5. The molecule has 0 unspecified atom stereocenters. The van der Waals surface area contributed by atoms with Crippen LogP contribution >= 0.6 is 0 Å². The molecular formula is C12H15BO5. The summed E-state index contributed by atoms with van der Waals surface area (Å²) in [4.78, 5) is 11.4. The number of rotatable bonds is 4. The maximum Gasteiger partial charge on any atom is 0.351 e. The Morgan fingerprint density at radius 1 is 1.56 bits per heavy atom. The summed E-state index contributed by atoms with van der Waals surface area (Å²) in [6.45, 7) is -0.396. The first-order valence-electron chi connectivity index (χ1n) is 5.84. The first kappa shape index (κ1) is 12.9. The molecule has 6 heteroatoms. The van der Waals surface area contributed by atoms with Crippen LogP contribution in [0.5, 0.6) is 5.75 Å². The number of benzene rings is 1. The van der Waals surface area contributed by atoms with E-state index in [1.165, 1.54) is 7.11 Å². The molecular weight excluding hydrogens is 235 g/mol. The topological polar surface area (TPSA) is 76.0 Å². The third-order valence-corrected chi connectivity index (χ3v) is 3.01. The Morgan fingerprint density at radius 2 is 2.33 bits per heavy atom. The standard InChI is InChI=1S/C12H15BO5/c1-17-7-13(16)9-5-4-8-3-2-6-18-11(8)10(9)12(14)15/h4-5,16H,2-3,6-7H2,1H3,(H,14,15). The van der Waals surface area contributed by atoms with E-state index in [-0.39, 0.29) is 12.1 Å². The lowest BCUT2D eigenvalue weighted by Gasteiger charge is -2.21. The Balaban J connectivity index is 2.49. The van der Waals surface area contributed by atoms with Crippen molar-refractivity contribution in [3.05, 3.63) is 23.3 Å². The molecule has 0 bridgehead atoms. The summed E-state index contributed by atoms with van der Waals surface area (Å²) in [6.07, 6.45) is 1.68. The summed E-state index contributed by atoms with van der Waals surface area (Å²) in [5.74, 6) is -0.694. The number of hydrogen-bond acceptors (Lipinski definition) is 4. The second-order valence-corrected chi connectivity index (χ2v) is 4.25. The monoisotopic (exact) mass is 250 g/mol. The number of aryl methyl sites for hydroxylation is 1. The number of carbonyl (C=O) groups is 1. The van der Waals surface area contributed by atoms with Gasteiger partial charge in [-0.3, -0.25) is 0 Å². The maximum atomic E-state index is 11.4. The summed E-state index contributed by atoms with van der Waals surface area (Å²) in [7, 11) is 1.46. The fourth-order valence-electron chi connectivity index (χ4n) is 2.19. The second-order valence-electron chi connectivity index (χ2n) is 4.25. The molecule has 0 atom stereocenters. The van der Waals surface area contributed by atoms with E-state index in [0.717, 1.165) is 18.4 Å². The fraction of sp³-hybridized carbons (Fsp3) is 0.417. The Morgan fingerprint density at radius 3 is 3.00 bits per heavy atom. The predicted molar refractivity (Wildman–Crippen MR) is 66.7 cm³/mol. The molecule has 0 aromatic heterocycles. The highest BCUT2D eigenvalue weighted by Crippen LogP contribution is 2.28. The molecule has 2 rings (SSSR count). The van der Waals surface area contributed by atoms with Crippen LogP contribution < -0.4 is 10.2 Å². The summed E-state index contributed by atoms with van der Waals surface area (Å²) >= 11 is 0. The van der Waals surface area contributed by atoms with Gasteiger partial charge < -0.3 is 19.6 Å². The van der Waals surface area contributed by atoms with E-state index in [2.05, 4.69) is 0 Å². The number of carboxylic acids is 1. The van der Waals surface area contributed by atoms with E-state index in [4.69, 9.17) is 9.47 Å². The maximum absolute atomic E-state index is 11.4. The summed E-state index contributed by atoms with van der Waals surface area (Å²) in [6, 6.07) is 3.45. The fourth-order valence-corrected chi connectivity index (χ4v) is 2.19. The van der Waals surface area contributed by atoms with Crippen molar-refractivity contribution in [1.29, 1.82) is 0 Å². The molecule has 0 spiro atoms. The molecule has 18 heavy (non-hydrogen) atoms. The van der Waals surface area contributed by atoms with Crippen LogP contribution in [0.2, 0.25) is 0 Å². The molecule has 5 nitrogen and oxygen atoms in total. The molecule has 1 aliphatic rings. The Bertz CT molecular complexity index is 460. The molecule has 0 saturated carbocycles. The zero-order valence-electron chi connectivity index (χ0n) is 10.2. The lowest BCUT2D eigenvalue weighted by Crippen LogP contribution is -2.39. The minimum Gasteiger partial charge on any atom is -0.492 e. The molecule has 0 amide bonds. The molecule has 1 aromatic rings. The van der Waals surface area contributed by atoms with Crippen molar-refractivity contribution in [2.24, 2.45) is 0 Å². The highest BCUT2D eigenvalue weighted by molar-refractivity contribution is 6.67. The number of aromatic carboxylic acids is 1. The van der Waals surface area contributed by atoms with Gasteiger partial charge in [0.2, 0.25) is 0 Å². The van der Waals surface area contributed by atoms with Crippen molar-refractivity contribution in [3.8, 4) is 5.75 Å². The summed E-state index contributed by atoms with van der Waals surface area (Å²) < 4.78 is 10.3. The largest absolute Gasteiger partial charge is 0.492 e. The Labute approximate surface area is 105 Å². The number of ether oxygens (including phenoxy) is 2. The van der Waals surface area contributed by atoms with Gasteiger partial charge in [0.05, 0.1) is 18.7 Å². The van der Waals surface area contributed by atoms with Crippen molar-refractivity contribution in [2.75, 3.05) is 20.2 Å². The van der Waals surface area contributed by atoms with E-state index in [1.807, 2.05) is 6.07 Å². The van der Waals surface area contributed by atoms with E-state index >= 15 is 0 Å². The van der Waals surface area contributed by atoms with Crippen LogP contribution in [0.15, 0.2) is 12.1 Å². The Hall–Kier alpha value is -1.53. The van der Waals surface area contributed by atoms with E-state index in [9.17, 15) is 14.9 Å². The van der Waals surface area contributed by atoms with Crippen LogP contribution in [0.25, 0.3) is 0 Å². The number of carboxylic acid groups (broad SMARTS) is 1. The van der Waals surface area contributed by atoms with Crippen LogP contribution in [0.3, 0.4) is 0 Å². The zero-order valence-corrected chi connectivity index (χ0v) is 10.2. The van der Waals surface area contributed by atoms with Gasteiger partial charge in [-0.25, -0.2) is 4.79 Å². The summed E-state index contributed by atoms with van der Waals surface area (Å²) in [5.41, 5.74) is 1.27. The highest BCUT2D eigenvalue weighted by Gasteiger charge is 2.28. The lowest BCUT2D eigenvalue weighted by molar-refractivity contribution is 0.0692. The third-order valence-electron chi connectivity index (χ3n) is 3.01. The normalized spacial score (nSPS) is 13.7. The molecule has 1 aliphatic heterocycles. The molecule has 0 fully saturated rings. The van der Waals surface area contributed by atoms with Crippen molar-refractivity contribution in [2.45, 2.75) is 12.8 Å². The van der Waals surface area contributed by atoms with Crippen molar-refractivity contribution in [1.82, 2.24) is 0 Å². The van der Waals surface area contributed by atoms with Gasteiger partial charge >= 0.3 is 12.9 Å². The molecule has 0 radical (unpaired) electrons. The minimum absolute atomic E-state index is 0.0525. The van der Waals surface area contributed by atoms with Crippen molar-refractivity contribution < 1.29 is 24.4 Å². The second kappa shape index (κ2) is 5.41. The molecule has 0 aliphatic carbocycles. The smallest absolute Gasteiger partial charge is 0.351 e. The number of hydrogen-bond donors (Lipinski definition) is 2. The molecule has 96 valence electrons. The van der Waals surface area contributed by atoms with Gasteiger partial charge in [0.15, 0.2) is 0 Å². The van der Waals surface area contributed by atoms with Gasteiger partial charge in [0.25, 0.3) is 0 Å². The molecule has 1 aromatic carbocycles. The predicted octanol–water partition coefficient (Wildman–Crippen LogP) is 0.0862. The molecule has 0 saturated heterocycles. The van der Waals surface area contributed by atoms with Gasteiger partial charge in [0.1, 0.15) is 5.75 Å². The van der Waals surface area contributed by atoms with Crippen molar-refractivity contribution >= 4 is 18.3 Å². The van der Waals surface area contributed by atoms with Crippen LogP contribution in [0.4, 0.5) is 0 Å². The number of fused-ring (bicyclic) bond motifs is 1. The van der Waals surface area contributed by atoms with Gasteiger partial charge in [-0.2, -0.15) is 0 Å². The third kappa shape index (κ3) is 2.35. The van der Waals surface area contributed by atoms with Crippen LogP contribution in [-0.2, 0) is 11.2 Å². The van der Waals surface area contributed by atoms with E-state index in [1.54, 1.807) is 6.07 Å². The lowest BCUT2D eigenvalue weighted by atomic mass is 9.60.